The van der Waals surface area contributed by atoms with Gasteiger partial charge in [0, 0.05) is 36.7 Å². The molecule has 0 spiro atoms. The summed E-state index contributed by atoms with van der Waals surface area (Å²) in [6.45, 7) is 2.76. The van der Waals surface area contributed by atoms with Gasteiger partial charge >= 0.3 is 0 Å². The van der Waals surface area contributed by atoms with E-state index in [0.29, 0.717) is 37.2 Å². The normalized spacial score (nSPS) is 10.5. The first-order chi connectivity index (χ1) is 13.7. The molecule has 0 saturated carbocycles. The SMILES string of the molecule is CCOc1ncccc1CNC(=O)CCc1nc(-c2ccc(OC)cc2)no1. The highest BCUT2D eigenvalue weighted by Crippen LogP contribution is 2.20. The first-order valence-corrected chi connectivity index (χ1v) is 9.00. The van der Waals surface area contributed by atoms with Gasteiger partial charge in [-0.3, -0.25) is 4.79 Å². The van der Waals surface area contributed by atoms with Gasteiger partial charge in [0.25, 0.3) is 0 Å². The molecule has 3 aromatic rings. The summed E-state index contributed by atoms with van der Waals surface area (Å²) in [5, 5.41) is 6.82. The van der Waals surface area contributed by atoms with Crippen molar-refractivity contribution in [2.24, 2.45) is 0 Å². The van der Waals surface area contributed by atoms with Crippen LogP contribution in [0.4, 0.5) is 0 Å². The first-order valence-electron chi connectivity index (χ1n) is 9.00. The van der Waals surface area contributed by atoms with Gasteiger partial charge in [0.1, 0.15) is 5.75 Å². The minimum Gasteiger partial charge on any atom is -0.497 e. The maximum absolute atomic E-state index is 12.1. The Hall–Kier alpha value is -3.42. The number of pyridine rings is 1. The van der Waals surface area contributed by atoms with Crippen molar-refractivity contribution in [2.75, 3.05) is 13.7 Å². The Bertz CT molecular complexity index is 909. The molecule has 1 aromatic carbocycles. The third kappa shape index (κ3) is 5.06. The molecule has 8 nitrogen and oxygen atoms in total. The van der Waals surface area contributed by atoms with Crippen LogP contribution in [0.3, 0.4) is 0 Å². The number of nitrogens with one attached hydrogen (secondary N) is 1. The minimum absolute atomic E-state index is 0.115. The monoisotopic (exact) mass is 382 g/mol. The van der Waals surface area contributed by atoms with E-state index in [1.807, 2.05) is 43.3 Å². The molecule has 2 aromatic heterocycles. The lowest BCUT2D eigenvalue weighted by Gasteiger charge is -2.09. The molecule has 8 heteroatoms. The molecule has 0 bridgehead atoms. The Balaban J connectivity index is 1.50. The van der Waals surface area contributed by atoms with Crippen LogP contribution in [-0.2, 0) is 17.8 Å². The molecule has 0 fully saturated rings. The first kappa shape index (κ1) is 19.3. The molecule has 0 saturated heterocycles. The van der Waals surface area contributed by atoms with Crippen LogP contribution in [0.2, 0.25) is 0 Å². The topological polar surface area (TPSA) is 99.4 Å². The number of methoxy groups -OCH3 is 1. The summed E-state index contributed by atoms with van der Waals surface area (Å²) in [4.78, 5) is 20.6. The Morgan fingerprint density at radius 1 is 1.21 bits per heavy atom. The van der Waals surface area contributed by atoms with E-state index in [9.17, 15) is 4.79 Å². The fourth-order valence-corrected chi connectivity index (χ4v) is 2.54. The van der Waals surface area contributed by atoms with Crippen molar-refractivity contribution in [3.8, 4) is 23.0 Å². The molecule has 0 aliphatic carbocycles. The van der Waals surface area contributed by atoms with E-state index in [0.717, 1.165) is 16.9 Å². The van der Waals surface area contributed by atoms with Gasteiger partial charge in [-0.05, 0) is 37.3 Å². The number of nitrogens with zero attached hydrogens (tertiary/aromatic N) is 3. The van der Waals surface area contributed by atoms with Gasteiger partial charge < -0.3 is 19.3 Å². The van der Waals surface area contributed by atoms with Crippen molar-refractivity contribution in [3.63, 3.8) is 0 Å². The number of aromatic nitrogens is 3. The number of amides is 1. The second-order valence-electron chi connectivity index (χ2n) is 5.92. The molecule has 0 atom stereocenters. The highest BCUT2D eigenvalue weighted by molar-refractivity contribution is 5.76. The minimum atomic E-state index is -0.115. The summed E-state index contributed by atoms with van der Waals surface area (Å²) < 4.78 is 15.8. The van der Waals surface area contributed by atoms with Gasteiger partial charge in [-0.1, -0.05) is 11.2 Å². The summed E-state index contributed by atoms with van der Waals surface area (Å²) in [5.74, 6) is 2.07. The maximum Gasteiger partial charge on any atom is 0.227 e. The molecule has 0 radical (unpaired) electrons. The fourth-order valence-electron chi connectivity index (χ4n) is 2.54. The molecule has 0 aliphatic rings. The maximum atomic E-state index is 12.1. The quantitative estimate of drug-likeness (QED) is 0.607. The molecule has 0 aliphatic heterocycles. The van der Waals surface area contributed by atoms with E-state index in [4.69, 9.17) is 14.0 Å². The molecule has 0 unspecified atom stereocenters. The Kier molecular flexibility index (Phi) is 6.56. The lowest BCUT2D eigenvalue weighted by molar-refractivity contribution is -0.121. The van der Waals surface area contributed by atoms with Gasteiger partial charge in [-0.2, -0.15) is 4.98 Å². The molecule has 146 valence electrons. The summed E-state index contributed by atoms with van der Waals surface area (Å²) in [5.41, 5.74) is 1.65. The Morgan fingerprint density at radius 3 is 2.79 bits per heavy atom. The van der Waals surface area contributed by atoms with Crippen LogP contribution >= 0.6 is 0 Å². The summed E-state index contributed by atoms with van der Waals surface area (Å²) in [6.07, 6.45) is 2.26. The van der Waals surface area contributed by atoms with Crippen LogP contribution in [-0.4, -0.2) is 34.7 Å². The van der Waals surface area contributed by atoms with Gasteiger partial charge in [-0.15, -0.1) is 0 Å². The number of hydrogen-bond donors (Lipinski definition) is 1. The molecule has 1 amide bonds. The van der Waals surface area contributed by atoms with Crippen molar-refractivity contribution < 1.29 is 18.8 Å². The lowest BCUT2D eigenvalue weighted by Crippen LogP contribution is -2.23. The van der Waals surface area contributed by atoms with Crippen LogP contribution in [0.1, 0.15) is 24.8 Å². The summed E-state index contributed by atoms with van der Waals surface area (Å²) >= 11 is 0. The molecule has 2 heterocycles. The van der Waals surface area contributed by atoms with E-state index < -0.39 is 0 Å². The zero-order valence-electron chi connectivity index (χ0n) is 15.8. The van der Waals surface area contributed by atoms with Crippen molar-refractivity contribution >= 4 is 5.91 Å². The second-order valence-corrected chi connectivity index (χ2v) is 5.92. The van der Waals surface area contributed by atoms with Crippen LogP contribution in [0.25, 0.3) is 11.4 Å². The van der Waals surface area contributed by atoms with Crippen LogP contribution in [0.5, 0.6) is 11.6 Å². The van der Waals surface area contributed by atoms with Crippen LogP contribution in [0.15, 0.2) is 47.1 Å². The average molecular weight is 382 g/mol. The zero-order valence-corrected chi connectivity index (χ0v) is 15.8. The van der Waals surface area contributed by atoms with E-state index in [1.165, 1.54) is 0 Å². The number of benzene rings is 1. The van der Waals surface area contributed by atoms with E-state index in [-0.39, 0.29) is 12.3 Å². The predicted octanol–water partition coefficient (Wildman–Crippen LogP) is 2.79. The van der Waals surface area contributed by atoms with Crippen molar-refractivity contribution in [2.45, 2.75) is 26.3 Å². The zero-order chi connectivity index (χ0) is 19.8. The van der Waals surface area contributed by atoms with Crippen molar-refractivity contribution in [3.05, 3.63) is 54.0 Å². The fraction of sp³-hybridized carbons (Fsp3) is 0.300. The predicted molar refractivity (Wildman–Crippen MR) is 102 cm³/mol. The van der Waals surface area contributed by atoms with Crippen molar-refractivity contribution in [1.29, 1.82) is 0 Å². The third-order valence-electron chi connectivity index (χ3n) is 3.99. The van der Waals surface area contributed by atoms with Gasteiger partial charge in [0.15, 0.2) is 0 Å². The van der Waals surface area contributed by atoms with E-state index in [1.54, 1.807) is 13.3 Å². The number of carbonyl (C=O) groups excluding carboxylic acids is 1. The highest BCUT2D eigenvalue weighted by Gasteiger charge is 2.12. The van der Waals surface area contributed by atoms with Gasteiger partial charge in [0.05, 0.1) is 13.7 Å². The summed E-state index contributed by atoms with van der Waals surface area (Å²) in [6, 6.07) is 11.0. The molecule has 28 heavy (non-hydrogen) atoms. The van der Waals surface area contributed by atoms with Gasteiger partial charge in [-0.25, -0.2) is 4.98 Å². The van der Waals surface area contributed by atoms with E-state index >= 15 is 0 Å². The third-order valence-corrected chi connectivity index (χ3v) is 3.99. The Morgan fingerprint density at radius 2 is 2.04 bits per heavy atom. The average Bonchev–Trinajstić information content (AvgIpc) is 3.21. The molecule has 3 rings (SSSR count). The van der Waals surface area contributed by atoms with E-state index in [2.05, 4.69) is 20.4 Å². The summed E-state index contributed by atoms with van der Waals surface area (Å²) in [7, 11) is 1.61. The van der Waals surface area contributed by atoms with Gasteiger partial charge in [0.2, 0.25) is 23.5 Å². The number of aryl methyl sites for hydroxylation is 1. The highest BCUT2D eigenvalue weighted by atomic mass is 16.5. The largest absolute Gasteiger partial charge is 0.497 e. The number of hydrogen-bond acceptors (Lipinski definition) is 7. The standard InChI is InChI=1S/C20H22N4O4/c1-3-27-20-15(5-4-12-21-20)13-22-17(25)10-11-18-23-19(24-28-18)14-6-8-16(26-2)9-7-14/h4-9,12H,3,10-11,13H2,1-2H3,(H,22,25). The smallest absolute Gasteiger partial charge is 0.227 e. The molecular formula is C20H22N4O4. The van der Waals surface area contributed by atoms with Crippen molar-refractivity contribution in [1.82, 2.24) is 20.4 Å². The Labute approximate surface area is 162 Å². The lowest BCUT2D eigenvalue weighted by atomic mass is 10.2. The number of ether oxygens (including phenoxy) is 2. The number of rotatable bonds is 9. The second kappa shape index (κ2) is 9.50. The van der Waals surface area contributed by atoms with Crippen LogP contribution < -0.4 is 14.8 Å². The number of carbonyl (C=O) groups is 1. The molecule has 1 N–H and O–H groups in total. The van der Waals surface area contributed by atoms with Crippen LogP contribution in [0, 0.1) is 0 Å². The molecular weight excluding hydrogens is 360 g/mol.